The summed E-state index contributed by atoms with van der Waals surface area (Å²) in [4.78, 5) is 14.6. The Morgan fingerprint density at radius 1 is 1.11 bits per heavy atom. The minimum absolute atomic E-state index is 0.0269. The molecule has 140 valence electrons. The number of nitrogens with zero attached hydrogens (tertiary/aromatic N) is 5. The van der Waals surface area contributed by atoms with Gasteiger partial charge < -0.3 is 10.2 Å². The number of carbonyl (C=O) groups excluding carboxylic acids is 1. The molecule has 0 bridgehead atoms. The molecular weight excluding hydrogens is 364 g/mol. The fourth-order valence-electron chi connectivity index (χ4n) is 3.20. The number of fused-ring (bicyclic) bond motifs is 1. The fourth-order valence-corrected chi connectivity index (χ4v) is 3.33. The van der Waals surface area contributed by atoms with Crippen molar-refractivity contribution in [3.63, 3.8) is 0 Å². The molecule has 1 atom stereocenters. The van der Waals surface area contributed by atoms with Crippen molar-refractivity contribution in [1.29, 1.82) is 0 Å². The van der Waals surface area contributed by atoms with Gasteiger partial charge in [0.2, 0.25) is 5.91 Å². The van der Waals surface area contributed by atoms with Gasteiger partial charge in [0, 0.05) is 22.7 Å². The van der Waals surface area contributed by atoms with E-state index in [9.17, 15) is 4.79 Å². The maximum atomic E-state index is 12.8. The van der Waals surface area contributed by atoms with E-state index in [4.69, 9.17) is 11.6 Å². The lowest BCUT2D eigenvalue weighted by atomic mass is 9.96. The summed E-state index contributed by atoms with van der Waals surface area (Å²) >= 11 is 5.94. The second kappa shape index (κ2) is 6.49. The Bertz CT molecular complexity index is 992. The SMILES string of the molecule is CC(C)(C)c1nnc2ccc(NC3CCN(c4ccc(Cl)cc4)C3=O)nn12. The minimum atomic E-state index is -0.319. The third kappa shape index (κ3) is 3.35. The van der Waals surface area contributed by atoms with Crippen molar-refractivity contribution >= 4 is 34.7 Å². The van der Waals surface area contributed by atoms with E-state index in [1.807, 2.05) is 24.3 Å². The lowest BCUT2D eigenvalue weighted by Gasteiger charge is -2.18. The predicted molar refractivity (Wildman–Crippen MR) is 105 cm³/mol. The molecule has 2 aromatic heterocycles. The fraction of sp³-hybridized carbons (Fsp3) is 0.368. The van der Waals surface area contributed by atoms with Gasteiger partial charge in [-0.25, -0.2) is 0 Å². The molecule has 1 aliphatic heterocycles. The van der Waals surface area contributed by atoms with Crippen LogP contribution in [0, 0.1) is 0 Å². The number of carbonyl (C=O) groups is 1. The highest BCUT2D eigenvalue weighted by molar-refractivity contribution is 6.30. The van der Waals surface area contributed by atoms with Gasteiger partial charge in [0.1, 0.15) is 11.9 Å². The highest BCUT2D eigenvalue weighted by atomic mass is 35.5. The Hall–Kier alpha value is -2.67. The third-order valence-corrected chi connectivity index (χ3v) is 4.85. The molecule has 3 aromatic rings. The van der Waals surface area contributed by atoms with Crippen LogP contribution in [0.25, 0.3) is 5.65 Å². The summed E-state index contributed by atoms with van der Waals surface area (Å²) in [5.74, 6) is 1.44. The molecule has 0 aliphatic carbocycles. The minimum Gasteiger partial charge on any atom is -0.357 e. The van der Waals surface area contributed by atoms with E-state index in [-0.39, 0.29) is 17.4 Å². The van der Waals surface area contributed by atoms with Crippen LogP contribution in [0.2, 0.25) is 5.02 Å². The maximum Gasteiger partial charge on any atom is 0.249 e. The Kier molecular flexibility index (Phi) is 4.26. The molecule has 1 unspecified atom stereocenters. The number of nitrogens with one attached hydrogen (secondary N) is 1. The second-order valence-electron chi connectivity index (χ2n) is 7.71. The quantitative estimate of drug-likeness (QED) is 0.749. The van der Waals surface area contributed by atoms with Crippen molar-refractivity contribution in [2.45, 2.75) is 38.6 Å². The second-order valence-corrected chi connectivity index (χ2v) is 8.15. The van der Waals surface area contributed by atoms with Crippen LogP contribution in [0.1, 0.15) is 33.0 Å². The van der Waals surface area contributed by atoms with Gasteiger partial charge in [0.15, 0.2) is 11.5 Å². The summed E-state index contributed by atoms with van der Waals surface area (Å²) in [5.41, 5.74) is 1.36. The first kappa shape index (κ1) is 17.7. The van der Waals surface area contributed by atoms with E-state index in [0.29, 0.717) is 29.5 Å². The Balaban J connectivity index is 1.56. The van der Waals surface area contributed by atoms with E-state index >= 15 is 0 Å². The number of halogens is 1. The van der Waals surface area contributed by atoms with Crippen molar-refractivity contribution < 1.29 is 4.79 Å². The van der Waals surface area contributed by atoms with E-state index in [1.54, 1.807) is 21.5 Å². The molecule has 1 aromatic carbocycles. The van der Waals surface area contributed by atoms with Gasteiger partial charge in [-0.15, -0.1) is 15.3 Å². The summed E-state index contributed by atoms with van der Waals surface area (Å²) in [7, 11) is 0. The van der Waals surface area contributed by atoms with Crippen molar-refractivity contribution in [2.75, 3.05) is 16.8 Å². The average molecular weight is 385 g/mol. The molecule has 8 heteroatoms. The van der Waals surface area contributed by atoms with Crippen LogP contribution >= 0.6 is 11.6 Å². The number of amides is 1. The molecule has 3 heterocycles. The predicted octanol–water partition coefficient (Wildman–Crippen LogP) is 3.29. The van der Waals surface area contributed by atoms with E-state index in [1.165, 1.54) is 0 Å². The lowest BCUT2D eigenvalue weighted by Crippen LogP contribution is -2.33. The largest absolute Gasteiger partial charge is 0.357 e. The number of benzene rings is 1. The normalized spacial score (nSPS) is 17.7. The number of hydrogen-bond donors (Lipinski definition) is 1. The molecule has 4 rings (SSSR count). The summed E-state index contributed by atoms with van der Waals surface area (Å²) in [6.45, 7) is 6.85. The van der Waals surface area contributed by atoms with Crippen LogP contribution in [0.4, 0.5) is 11.5 Å². The first-order valence-corrected chi connectivity index (χ1v) is 9.27. The highest BCUT2D eigenvalue weighted by Gasteiger charge is 2.33. The van der Waals surface area contributed by atoms with Crippen LogP contribution in [0.5, 0.6) is 0 Å². The zero-order valence-corrected chi connectivity index (χ0v) is 16.2. The zero-order valence-electron chi connectivity index (χ0n) is 15.5. The van der Waals surface area contributed by atoms with Gasteiger partial charge in [0.25, 0.3) is 0 Å². The lowest BCUT2D eigenvalue weighted by molar-refractivity contribution is -0.117. The molecule has 27 heavy (non-hydrogen) atoms. The number of aromatic nitrogens is 4. The van der Waals surface area contributed by atoms with Gasteiger partial charge in [-0.3, -0.25) is 4.79 Å². The molecule has 0 radical (unpaired) electrons. The molecular formula is C19H21ClN6O. The summed E-state index contributed by atoms with van der Waals surface area (Å²) in [5, 5.41) is 16.9. The summed E-state index contributed by atoms with van der Waals surface area (Å²) in [6, 6.07) is 10.7. The van der Waals surface area contributed by atoms with Crippen molar-refractivity contribution in [1.82, 2.24) is 19.8 Å². The molecule has 7 nitrogen and oxygen atoms in total. The van der Waals surface area contributed by atoms with E-state index in [2.05, 4.69) is 41.4 Å². The third-order valence-electron chi connectivity index (χ3n) is 4.60. The van der Waals surface area contributed by atoms with Crippen LogP contribution < -0.4 is 10.2 Å². The molecule has 0 saturated carbocycles. The number of anilines is 2. The Morgan fingerprint density at radius 3 is 2.56 bits per heavy atom. The van der Waals surface area contributed by atoms with Gasteiger partial charge >= 0.3 is 0 Å². The maximum absolute atomic E-state index is 12.8. The summed E-state index contributed by atoms with van der Waals surface area (Å²) in [6.07, 6.45) is 0.704. The topological polar surface area (TPSA) is 75.4 Å². The Morgan fingerprint density at radius 2 is 1.85 bits per heavy atom. The smallest absolute Gasteiger partial charge is 0.249 e. The van der Waals surface area contributed by atoms with Crippen molar-refractivity contribution in [3.8, 4) is 0 Å². The Labute approximate surface area is 162 Å². The first-order chi connectivity index (χ1) is 12.8. The molecule has 1 fully saturated rings. The first-order valence-electron chi connectivity index (χ1n) is 8.89. The number of hydrogen-bond acceptors (Lipinski definition) is 5. The van der Waals surface area contributed by atoms with Crippen LogP contribution in [0.15, 0.2) is 36.4 Å². The van der Waals surface area contributed by atoms with Gasteiger partial charge in [-0.05, 0) is 42.8 Å². The molecule has 1 N–H and O–H groups in total. The molecule has 1 aliphatic rings. The van der Waals surface area contributed by atoms with Crippen LogP contribution in [0.3, 0.4) is 0 Å². The standard InChI is InChI=1S/C19H21ClN6O/c1-19(2,3)18-23-22-16-9-8-15(24-26(16)18)21-14-10-11-25(17(14)27)13-6-4-12(20)5-7-13/h4-9,14H,10-11H2,1-3H3,(H,21,24). The van der Waals surface area contributed by atoms with Crippen LogP contribution in [-0.2, 0) is 10.2 Å². The molecule has 0 spiro atoms. The van der Waals surface area contributed by atoms with E-state index < -0.39 is 0 Å². The van der Waals surface area contributed by atoms with Crippen LogP contribution in [-0.4, -0.2) is 38.3 Å². The number of rotatable bonds is 3. The average Bonchev–Trinajstić information content (AvgIpc) is 3.20. The summed E-state index contributed by atoms with van der Waals surface area (Å²) < 4.78 is 1.73. The van der Waals surface area contributed by atoms with Gasteiger partial charge in [0.05, 0.1) is 0 Å². The van der Waals surface area contributed by atoms with Crippen molar-refractivity contribution in [2.24, 2.45) is 0 Å². The highest BCUT2D eigenvalue weighted by Crippen LogP contribution is 2.25. The van der Waals surface area contributed by atoms with Gasteiger partial charge in [-0.2, -0.15) is 4.52 Å². The van der Waals surface area contributed by atoms with Gasteiger partial charge in [-0.1, -0.05) is 32.4 Å². The monoisotopic (exact) mass is 384 g/mol. The molecule has 1 saturated heterocycles. The van der Waals surface area contributed by atoms with E-state index in [0.717, 1.165) is 11.5 Å². The van der Waals surface area contributed by atoms with Crippen molar-refractivity contribution in [3.05, 3.63) is 47.2 Å². The zero-order chi connectivity index (χ0) is 19.2. The molecule has 1 amide bonds.